The molecule has 0 aromatic heterocycles. The molecule has 0 heteroatoms. The molecule has 0 spiro atoms. The normalized spacial score (nSPS) is 29.1. The summed E-state index contributed by atoms with van der Waals surface area (Å²) in [4.78, 5) is 0. The second-order valence-corrected chi connectivity index (χ2v) is 4.44. The van der Waals surface area contributed by atoms with Crippen molar-refractivity contribution in [3.63, 3.8) is 0 Å². The van der Waals surface area contributed by atoms with Gasteiger partial charge in [0.1, 0.15) is 0 Å². The van der Waals surface area contributed by atoms with E-state index in [1.54, 1.807) is 0 Å². The molecule has 0 aromatic carbocycles. The highest BCUT2D eigenvalue weighted by molar-refractivity contribution is 5.15. The standard InChI is InChI=1S/C11H16/c1-3-11(6-7-11)8-9(2)10-4-5-10/h1,9-10H,4-8H2,2H3. The van der Waals surface area contributed by atoms with Crippen LogP contribution in [0.2, 0.25) is 0 Å². The number of hydrogen-bond donors (Lipinski definition) is 0. The van der Waals surface area contributed by atoms with Crippen molar-refractivity contribution in [1.29, 1.82) is 0 Å². The first-order valence-corrected chi connectivity index (χ1v) is 4.73. The molecule has 0 bridgehead atoms. The summed E-state index contributed by atoms with van der Waals surface area (Å²) in [6.07, 6.45) is 12.3. The van der Waals surface area contributed by atoms with Crippen molar-refractivity contribution in [3.05, 3.63) is 0 Å². The van der Waals surface area contributed by atoms with Gasteiger partial charge in [-0.3, -0.25) is 0 Å². The zero-order valence-corrected chi connectivity index (χ0v) is 7.27. The fourth-order valence-corrected chi connectivity index (χ4v) is 2.01. The third-order valence-corrected chi connectivity index (χ3v) is 3.30. The molecule has 0 radical (unpaired) electrons. The van der Waals surface area contributed by atoms with E-state index < -0.39 is 0 Å². The Bertz CT molecular complexity index is 189. The smallest absolute Gasteiger partial charge is 0.0315 e. The molecule has 0 aliphatic heterocycles. The lowest BCUT2D eigenvalue weighted by atomic mass is 9.91. The first-order valence-electron chi connectivity index (χ1n) is 4.73. The Balaban J connectivity index is 1.85. The van der Waals surface area contributed by atoms with Crippen LogP contribution < -0.4 is 0 Å². The molecule has 0 amide bonds. The Hall–Kier alpha value is -0.440. The molecular formula is C11H16. The molecule has 2 saturated carbocycles. The van der Waals surface area contributed by atoms with Crippen LogP contribution in [0.25, 0.3) is 0 Å². The van der Waals surface area contributed by atoms with Gasteiger partial charge in [0.15, 0.2) is 0 Å². The van der Waals surface area contributed by atoms with Crippen LogP contribution >= 0.6 is 0 Å². The molecule has 0 aromatic rings. The van der Waals surface area contributed by atoms with Gasteiger partial charge in [-0.25, -0.2) is 0 Å². The lowest BCUT2D eigenvalue weighted by Crippen LogP contribution is -2.06. The zero-order valence-electron chi connectivity index (χ0n) is 7.27. The fourth-order valence-electron chi connectivity index (χ4n) is 2.01. The van der Waals surface area contributed by atoms with Gasteiger partial charge >= 0.3 is 0 Å². The molecular weight excluding hydrogens is 132 g/mol. The summed E-state index contributed by atoms with van der Waals surface area (Å²) in [7, 11) is 0. The topological polar surface area (TPSA) is 0 Å². The second kappa shape index (κ2) is 2.27. The number of terminal acetylenes is 1. The first kappa shape index (κ1) is 7.22. The van der Waals surface area contributed by atoms with Gasteiger partial charge in [-0.15, -0.1) is 6.42 Å². The van der Waals surface area contributed by atoms with Gasteiger partial charge in [0, 0.05) is 5.41 Å². The highest BCUT2D eigenvalue weighted by Gasteiger charge is 2.44. The van der Waals surface area contributed by atoms with Crippen LogP contribution in [0, 0.1) is 29.6 Å². The van der Waals surface area contributed by atoms with E-state index in [0.29, 0.717) is 5.41 Å². The number of hydrogen-bond acceptors (Lipinski definition) is 0. The average molecular weight is 148 g/mol. The van der Waals surface area contributed by atoms with Crippen LogP contribution in [-0.2, 0) is 0 Å². The summed E-state index contributed by atoms with van der Waals surface area (Å²) < 4.78 is 0. The molecule has 1 atom stereocenters. The van der Waals surface area contributed by atoms with Crippen molar-refractivity contribution in [2.75, 3.05) is 0 Å². The molecule has 2 fully saturated rings. The van der Waals surface area contributed by atoms with Crippen molar-refractivity contribution in [2.24, 2.45) is 17.3 Å². The molecule has 1 unspecified atom stereocenters. The fraction of sp³-hybridized carbons (Fsp3) is 0.818. The van der Waals surface area contributed by atoms with E-state index in [1.807, 2.05) is 0 Å². The second-order valence-electron chi connectivity index (χ2n) is 4.44. The van der Waals surface area contributed by atoms with E-state index in [-0.39, 0.29) is 0 Å². The molecule has 0 nitrogen and oxygen atoms in total. The summed E-state index contributed by atoms with van der Waals surface area (Å²) in [6.45, 7) is 2.37. The van der Waals surface area contributed by atoms with Gasteiger partial charge in [-0.1, -0.05) is 12.8 Å². The summed E-state index contributed by atoms with van der Waals surface area (Å²) in [5.41, 5.74) is 0.363. The van der Waals surface area contributed by atoms with Gasteiger partial charge in [0.05, 0.1) is 0 Å². The molecule has 2 rings (SSSR count). The Morgan fingerprint density at radius 3 is 2.55 bits per heavy atom. The Morgan fingerprint density at radius 2 is 2.18 bits per heavy atom. The van der Waals surface area contributed by atoms with Crippen molar-refractivity contribution in [2.45, 2.75) is 39.0 Å². The molecule has 0 heterocycles. The zero-order chi connectivity index (χ0) is 7.90. The average Bonchev–Trinajstić information content (AvgIpc) is 2.85. The minimum atomic E-state index is 0.363. The van der Waals surface area contributed by atoms with E-state index >= 15 is 0 Å². The van der Waals surface area contributed by atoms with Crippen molar-refractivity contribution < 1.29 is 0 Å². The van der Waals surface area contributed by atoms with Crippen LogP contribution in [-0.4, -0.2) is 0 Å². The first-order chi connectivity index (χ1) is 5.26. The summed E-state index contributed by atoms with van der Waals surface area (Å²) >= 11 is 0. The van der Waals surface area contributed by atoms with Gasteiger partial charge < -0.3 is 0 Å². The quantitative estimate of drug-likeness (QED) is 0.540. The summed E-state index contributed by atoms with van der Waals surface area (Å²) in [5.74, 6) is 4.89. The van der Waals surface area contributed by atoms with E-state index in [0.717, 1.165) is 11.8 Å². The van der Waals surface area contributed by atoms with Crippen molar-refractivity contribution in [3.8, 4) is 12.3 Å². The lowest BCUT2D eigenvalue weighted by molar-refractivity contribution is 0.400. The summed E-state index contributed by atoms with van der Waals surface area (Å²) in [5, 5.41) is 0. The predicted octanol–water partition coefficient (Wildman–Crippen LogP) is 2.84. The lowest BCUT2D eigenvalue weighted by Gasteiger charge is -2.13. The largest absolute Gasteiger partial charge is 0.120 e. The van der Waals surface area contributed by atoms with Crippen molar-refractivity contribution >= 4 is 0 Å². The minimum absolute atomic E-state index is 0.363. The molecule has 0 N–H and O–H groups in total. The van der Waals surface area contributed by atoms with Crippen LogP contribution in [0.1, 0.15) is 39.0 Å². The van der Waals surface area contributed by atoms with Crippen molar-refractivity contribution in [1.82, 2.24) is 0 Å². The van der Waals surface area contributed by atoms with Crippen LogP contribution in [0.3, 0.4) is 0 Å². The van der Waals surface area contributed by atoms with E-state index in [4.69, 9.17) is 6.42 Å². The van der Waals surface area contributed by atoms with E-state index in [9.17, 15) is 0 Å². The minimum Gasteiger partial charge on any atom is -0.120 e. The highest BCUT2D eigenvalue weighted by Crippen LogP contribution is 2.53. The Morgan fingerprint density at radius 1 is 1.55 bits per heavy atom. The van der Waals surface area contributed by atoms with E-state index in [2.05, 4.69) is 12.8 Å². The Kier molecular flexibility index (Phi) is 1.49. The van der Waals surface area contributed by atoms with E-state index in [1.165, 1.54) is 32.1 Å². The maximum Gasteiger partial charge on any atom is 0.0315 e. The highest BCUT2D eigenvalue weighted by atomic mass is 14.5. The van der Waals surface area contributed by atoms with Crippen LogP contribution in [0.5, 0.6) is 0 Å². The monoisotopic (exact) mass is 148 g/mol. The molecule has 2 aliphatic carbocycles. The third-order valence-electron chi connectivity index (χ3n) is 3.30. The third kappa shape index (κ3) is 1.43. The molecule has 60 valence electrons. The predicted molar refractivity (Wildman–Crippen MR) is 47.0 cm³/mol. The number of rotatable bonds is 3. The maximum atomic E-state index is 5.49. The van der Waals surface area contributed by atoms with Gasteiger partial charge in [0.25, 0.3) is 0 Å². The molecule has 2 aliphatic rings. The Labute approximate surface area is 69.4 Å². The van der Waals surface area contributed by atoms with Crippen LogP contribution in [0.4, 0.5) is 0 Å². The summed E-state index contributed by atoms with van der Waals surface area (Å²) in [6, 6.07) is 0. The van der Waals surface area contributed by atoms with Gasteiger partial charge in [-0.2, -0.15) is 0 Å². The van der Waals surface area contributed by atoms with Gasteiger partial charge in [-0.05, 0) is 43.9 Å². The molecule has 11 heavy (non-hydrogen) atoms. The van der Waals surface area contributed by atoms with Gasteiger partial charge in [0.2, 0.25) is 0 Å². The SMILES string of the molecule is C#CC1(CC(C)C2CC2)CC1. The maximum absolute atomic E-state index is 5.49. The van der Waals surface area contributed by atoms with Crippen LogP contribution in [0.15, 0.2) is 0 Å². The molecule has 0 saturated heterocycles.